The molecule has 1 aliphatic heterocycles. The summed E-state index contributed by atoms with van der Waals surface area (Å²) in [5, 5.41) is 3.26. The molecule has 6 rings (SSSR count). The molecule has 0 bridgehead atoms. The number of aryl methyl sites for hydroxylation is 1. The lowest BCUT2D eigenvalue weighted by molar-refractivity contribution is -0.138. The van der Waals surface area contributed by atoms with Crippen LogP contribution in [0.4, 0.5) is 24.8 Å². The molecular formula is C25H21BrF3N7O2. The van der Waals surface area contributed by atoms with Gasteiger partial charge in [-0.1, -0.05) is 6.07 Å². The number of amides is 2. The minimum absolute atomic E-state index is 0.0205. The third kappa shape index (κ3) is 4.05. The Balaban J connectivity index is 1.37. The van der Waals surface area contributed by atoms with E-state index in [0.717, 1.165) is 18.6 Å². The van der Waals surface area contributed by atoms with E-state index in [0.29, 0.717) is 27.9 Å². The number of rotatable bonds is 4. The van der Waals surface area contributed by atoms with Gasteiger partial charge in [0.1, 0.15) is 40.8 Å². The number of hydrogen-bond acceptors (Lipinski definition) is 6. The highest BCUT2D eigenvalue weighted by Crippen LogP contribution is 2.48. The Kier molecular flexibility index (Phi) is 5.60. The van der Waals surface area contributed by atoms with Crippen molar-refractivity contribution in [2.45, 2.75) is 44.6 Å². The van der Waals surface area contributed by atoms with Crippen LogP contribution >= 0.6 is 15.9 Å². The first-order valence-corrected chi connectivity index (χ1v) is 12.7. The van der Waals surface area contributed by atoms with Gasteiger partial charge in [0.15, 0.2) is 0 Å². The number of nitrogens with one attached hydrogen (secondary N) is 1. The Morgan fingerprint density at radius 1 is 1.21 bits per heavy atom. The van der Waals surface area contributed by atoms with Crippen LogP contribution in [0, 0.1) is 12.8 Å². The van der Waals surface area contributed by atoms with Crippen LogP contribution in [0.25, 0.3) is 21.9 Å². The fraction of sp³-hybridized carbons (Fsp3) is 0.320. The zero-order chi connectivity index (χ0) is 26.9. The number of anilines is 2. The van der Waals surface area contributed by atoms with Crippen LogP contribution in [-0.2, 0) is 22.3 Å². The molecule has 2 aliphatic rings. The van der Waals surface area contributed by atoms with Gasteiger partial charge >= 0.3 is 6.18 Å². The van der Waals surface area contributed by atoms with E-state index in [1.165, 1.54) is 6.33 Å². The zero-order valence-electron chi connectivity index (χ0n) is 20.0. The minimum atomic E-state index is -4.56. The van der Waals surface area contributed by atoms with Crippen molar-refractivity contribution >= 4 is 61.3 Å². The van der Waals surface area contributed by atoms with E-state index >= 15 is 0 Å². The quantitative estimate of drug-likeness (QED) is 0.344. The first-order valence-electron chi connectivity index (χ1n) is 11.9. The van der Waals surface area contributed by atoms with Gasteiger partial charge in [0.25, 0.3) is 0 Å². The number of alkyl halides is 3. The summed E-state index contributed by atoms with van der Waals surface area (Å²) in [7, 11) is 0. The summed E-state index contributed by atoms with van der Waals surface area (Å²) < 4.78 is 42.9. The maximum atomic E-state index is 13.7. The molecule has 2 amide bonds. The van der Waals surface area contributed by atoms with Crippen molar-refractivity contribution < 1.29 is 22.8 Å². The average molecular weight is 588 g/mol. The normalized spacial score (nSPS) is 20.7. The molecule has 1 aliphatic carbocycles. The number of carbonyl (C=O) groups is 2. The number of nitrogen functional groups attached to an aromatic ring is 1. The van der Waals surface area contributed by atoms with E-state index in [2.05, 4.69) is 36.2 Å². The molecule has 3 N–H and O–H groups in total. The van der Waals surface area contributed by atoms with Crippen LogP contribution in [0.5, 0.6) is 0 Å². The number of fused-ring (bicyclic) bond motifs is 4. The fourth-order valence-electron chi connectivity index (χ4n) is 5.56. The van der Waals surface area contributed by atoms with Crippen LogP contribution in [0.2, 0.25) is 0 Å². The number of halogens is 4. The molecule has 1 saturated heterocycles. The number of pyridine rings is 1. The van der Waals surface area contributed by atoms with Crippen molar-refractivity contribution in [2.24, 2.45) is 5.92 Å². The highest BCUT2D eigenvalue weighted by atomic mass is 79.9. The molecule has 3 aromatic heterocycles. The lowest BCUT2D eigenvalue weighted by Crippen LogP contribution is -2.46. The number of piperidine rings is 1. The molecule has 1 saturated carbocycles. The van der Waals surface area contributed by atoms with E-state index in [1.807, 2.05) is 0 Å². The predicted octanol–water partition coefficient (Wildman–Crippen LogP) is 4.28. The van der Waals surface area contributed by atoms with E-state index < -0.39 is 17.8 Å². The number of nitrogens with two attached hydrogens (primary N) is 1. The summed E-state index contributed by atoms with van der Waals surface area (Å²) in [6.45, 7) is 1.33. The summed E-state index contributed by atoms with van der Waals surface area (Å²) in [6.07, 6.45) is -2.01. The van der Waals surface area contributed by atoms with Crippen LogP contribution in [0.1, 0.15) is 24.0 Å². The summed E-state index contributed by atoms with van der Waals surface area (Å²) in [5.41, 5.74) is 6.24. The van der Waals surface area contributed by atoms with Gasteiger partial charge in [-0.2, -0.15) is 13.2 Å². The SMILES string of the molecule is Cc1cc(C(F)(F)F)cc2c3c(N)ncnc3n(CC(=O)N3C4C[C@@H]4C[C@H]3C(=O)Nc3cccc(Br)n3)c12. The highest BCUT2D eigenvalue weighted by Gasteiger charge is 2.56. The van der Waals surface area contributed by atoms with E-state index in [9.17, 15) is 22.8 Å². The molecule has 1 unspecified atom stereocenters. The van der Waals surface area contributed by atoms with Gasteiger partial charge in [-0.05, 0) is 71.4 Å². The van der Waals surface area contributed by atoms with E-state index in [1.54, 1.807) is 34.6 Å². The molecule has 0 radical (unpaired) electrons. The second-order valence-electron chi connectivity index (χ2n) is 9.68. The van der Waals surface area contributed by atoms with Crippen molar-refractivity contribution in [3.05, 3.63) is 52.4 Å². The maximum absolute atomic E-state index is 13.7. The fourth-order valence-corrected chi connectivity index (χ4v) is 5.90. The zero-order valence-corrected chi connectivity index (χ0v) is 21.5. The molecular weight excluding hydrogens is 567 g/mol. The second kappa shape index (κ2) is 8.65. The molecule has 2 fully saturated rings. The van der Waals surface area contributed by atoms with Gasteiger partial charge in [-0.3, -0.25) is 9.59 Å². The van der Waals surface area contributed by atoms with Crippen LogP contribution in [0.15, 0.2) is 41.3 Å². The third-order valence-electron chi connectivity index (χ3n) is 7.23. The van der Waals surface area contributed by atoms with E-state index in [4.69, 9.17) is 5.73 Å². The molecule has 38 heavy (non-hydrogen) atoms. The lowest BCUT2D eigenvalue weighted by atomic mass is 10.1. The van der Waals surface area contributed by atoms with Gasteiger partial charge in [-0.25, -0.2) is 15.0 Å². The predicted molar refractivity (Wildman–Crippen MR) is 137 cm³/mol. The van der Waals surface area contributed by atoms with Gasteiger partial charge in [0, 0.05) is 11.4 Å². The van der Waals surface area contributed by atoms with Crippen molar-refractivity contribution in [3.63, 3.8) is 0 Å². The van der Waals surface area contributed by atoms with Gasteiger partial charge in [-0.15, -0.1) is 0 Å². The summed E-state index contributed by atoms with van der Waals surface area (Å²) in [5.74, 6) is -0.0453. The molecule has 4 aromatic rings. The Labute approximate surface area is 222 Å². The standard InChI is InChI=1S/C25H21BrF3N7O2/c1-11-5-13(25(27,28)29)8-14-20-22(30)31-10-32-23(20)35(21(11)14)9-19(37)36-15-6-12(15)7-16(36)24(38)34-18-4-2-3-17(26)33-18/h2-5,8,10,12,15-16H,6-7,9H2,1H3,(H2,30,31,32)(H,33,34,38)/t12-,15?,16+/m1/s1. The van der Waals surface area contributed by atoms with Crippen molar-refractivity contribution in [2.75, 3.05) is 11.1 Å². The van der Waals surface area contributed by atoms with Crippen molar-refractivity contribution in [3.8, 4) is 0 Å². The number of likely N-dealkylation sites (tertiary alicyclic amines) is 1. The van der Waals surface area contributed by atoms with Gasteiger partial charge < -0.3 is 20.5 Å². The molecule has 13 heteroatoms. The van der Waals surface area contributed by atoms with Gasteiger partial charge in [0.05, 0.1) is 16.5 Å². The van der Waals surface area contributed by atoms with Crippen molar-refractivity contribution in [1.29, 1.82) is 0 Å². The highest BCUT2D eigenvalue weighted by molar-refractivity contribution is 9.10. The summed E-state index contributed by atoms with van der Waals surface area (Å²) in [4.78, 5) is 40.9. The smallest absolute Gasteiger partial charge is 0.383 e. The van der Waals surface area contributed by atoms with Crippen LogP contribution in [-0.4, -0.2) is 48.3 Å². The third-order valence-corrected chi connectivity index (χ3v) is 7.68. The topological polar surface area (TPSA) is 119 Å². The molecule has 3 atom stereocenters. The molecule has 9 nitrogen and oxygen atoms in total. The Hall–Kier alpha value is -3.74. The number of nitrogens with zero attached hydrogens (tertiary/aromatic N) is 5. The van der Waals surface area contributed by atoms with Crippen molar-refractivity contribution in [1.82, 2.24) is 24.4 Å². The number of benzene rings is 1. The Morgan fingerprint density at radius 2 is 2.00 bits per heavy atom. The largest absolute Gasteiger partial charge is 0.416 e. The molecule has 1 aromatic carbocycles. The van der Waals surface area contributed by atoms with Gasteiger partial charge in [0.2, 0.25) is 11.8 Å². The van der Waals surface area contributed by atoms with E-state index in [-0.39, 0.29) is 52.6 Å². The lowest BCUT2D eigenvalue weighted by Gasteiger charge is -2.27. The number of carbonyl (C=O) groups excluding carboxylic acids is 2. The first kappa shape index (κ1) is 24.6. The second-order valence-corrected chi connectivity index (χ2v) is 10.5. The monoisotopic (exact) mass is 587 g/mol. The molecule has 4 heterocycles. The Morgan fingerprint density at radius 3 is 2.74 bits per heavy atom. The number of aromatic nitrogens is 4. The molecule has 0 spiro atoms. The summed E-state index contributed by atoms with van der Waals surface area (Å²) in [6, 6.07) is 6.45. The minimum Gasteiger partial charge on any atom is -0.383 e. The molecule has 196 valence electrons. The van der Waals surface area contributed by atoms with Crippen LogP contribution < -0.4 is 11.1 Å². The summed E-state index contributed by atoms with van der Waals surface area (Å²) >= 11 is 3.27. The first-order chi connectivity index (χ1) is 18.0. The number of hydrogen-bond donors (Lipinski definition) is 2. The average Bonchev–Trinajstić information content (AvgIpc) is 3.38. The van der Waals surface area contributed by atoms with Crippen LogP contribution in [0.3, 0.4) is 0 Å². The Bertz CT molecular complexity index is 1640. The maximum Gasteiger partial charge on any atom is 0.416 e.